The predicted molar refractivity (Wildman–Crippen MR) is 209 cm³/mol. The lowest BCUT2D eigenvalue weighted by molar-refractivity contribution is 0.620. The van der Waals surface area contributed by atoms with Crippen LogP contribution in [0.3, 0.4) is 0 Å². The molecule has 0 saturated carbocycles. The van der Waals surface area contributed by atoms with E-state index in [-0.39, 0.29) is 0 Å². The van der Waals surface area contributed by atoms with Crippen LogP contribution in [0.15, 0.2) is 171 Å². The molecule has 7 aromatic carbocycles. The largest absolute Gasteiger partial charge is 0.456 e. The van der Waals surface area contributed by atoms with Gasteiger partial charge in [0.2, 0.25) is 5.89 Å². The summed E-state index contributed by atoms with van der Waals surface area (Å²) >= 11 is 0. The number of hydrogen-bond donors (Lipinski definition) is 0. The Morgan fingerprint density at radius 3 is 1.58 bits per heavy atom. The highest BCUT2D eigenvalue weighted by atomic mass is 16.3. The van der Waals surface area contributed by atoms with E-state index in [0.29, 0.717) is 23.4 Å². The molecule has 0 atom stereocenters. The molecular formula is C46H26N4O3. The first-order valence-electron chi connectivity index (χ1n) is 17.4. The quantitative estimate of drug-likeness (QED) is 0.178. The summed E-state index contributed by atoms with van der Waals surface area (Å²) in [5.74, 6) is 2.29. The van der Waals surface area contributed by atoms with E-state index in [9.17, 15) is 0 Å². The SMILES string of the molecule is c1ccc(-c2nc3ccc(-c4ccc(-c5nc(-c6ccc7c(c6)oc6ccccc67)nc(-c6ccc7oc8ccccc8c7c6)n5)cc4)cc3o2)cc1. The van der Waals surface area contributed by atoms with E-state index in [1.165, 1.54) is 0 Å². The van der Waals surface area contributed by atoms with Gasteiger partial charge in [-0.15, -0.1) is 0 Å². The minimum Gasteiger partial charge on any atom is -0.456 e. The van der Waals surface area contributed by atoms with Crippen LogP contribution in [0.4, 0.5) is 0 Å². The third kappa shape index (κ3) is 4.98. The summed E-state index contributed by atoms with van der Waals surface area (Å²) < 4.78 is 18.5. The lowest BCUT2D eigenvalue weighted by atomic mass is 10.0. The molecule has 4 aromatic heterocycles. The molecule has 0 spiro atoms. The van der Waals surface area contributed by atoms with Gasteiger partial charge in [-0.25, -0.2) is 19.9 Å². The fraction of sp³-hybridized carbons (Fsp3) is 0. The minimum atomic E-state index is 0.554. The van der Waals surface area contributed by atoms with E-state index < -0.39 is 0 Å². The number of para-hydroxylation sites is 2. The molecule has 0 amide bonds. The molecule has 0 N–H and O–H groups in total. The van der Waals surface area contributed by atoms with E-state index in [1.54, 1.807) is 0 Å². The van der Waals surface area contributed by atoms with Gasteiger partial charge in [-0.2, -0.15) is 0 Å². The molecule has 11 aromatic rings. The smallest absolute Gasteiger partial charge is 0.227 e. The van der Waals surface area contributed by atoms with Crippen LogP contribution in [0.25, 0.3) is 112 Å². The molecule has 11 rings (SSSR count). The zero-order valence-electron chi connectivity index (χ0n) is 28.0. The third-order valence-electron chi connectivity index (χ3n) is 9.79. The van der Waals surface area contributed by atoms with Gasteiger partial charge in [0, 0.05) is 43.8 Å². The summed E-state index contributed by atoms with van der Waals surface area (Å²) in [7, 11) is 0. The highest BCUT2D eigenvalue weighted by Crippen LogP contribution is 2.35. The van der Waals surface area contributed by atoms with Gasteiger partial charge in [0.05, 0.1) is 0 Å². The Balaban J connectivity index is 1.01. The summed E-state index contributed by atoms with van der Waals surface area (Å²) in [6.07, 6.45) is 0. The first-order valence-corrected chi connectivity index (χ1v) is 17.4. The van der Waals surface area contributed by atoms with Crippen molar-refractivity contribution >= 4 is 55.0 Å². The van der Waals surface area contributed by atoms with E-state index >= 15 is 0 Å². The highest BCUT2D eigenvalue weighted by molar-refractivity contribution is 6.07. The van der Waals surface area contributed by atoms with Gasteiger partial charge in [-0.05, 0) is 77.9 Å². The number of furan rings is 2. The lowest BCUT2D eigenvalue weighted by Crippen LogP contribution is -2.00. The van der Waals surface area contributed by atoms with Crippen molar-refractivity contribution in [2.45, 2.75) is 0 Å². The van der Waals surface area contributed by atoms with E-state index in [4.69, 9.17) is 33.2 Å². The molecule has 7 nitrogen and oxygen atoms in total. The molecule has 0 saturated heterocycles. The minimum absolute atomic E-state index is 0.554. The van der Waals surface area contributed by atoms with Crippen molar-refractivity contribution in [3.63, 3.8) is 0 Å². The Hall–Kier alpha value is -7.38. The topological polar surface area (TPSA) is 91.0 Å². The molecule has 7 heteroatoms. The molecule has 248 valence electrons. The highest BCUT2D eigenvalue weighted by Gasteiger charge is 2.17. The average molecular weight is 683 g/mol. The second-order valence-corrected chi connectivity index (χ2v) is 13.1. The van der Waals surface area contributed by atoms with Crippen molar-refractivity contribution in [2.24, 2.45) is 0 Å². The van der Waals surface area contributed by atoms with Gasteiger partial charge in [0.1, 0.15) is 27.8 Å². The molecule has 0 aliphatic heterocycles. The summed E-state index contributed by atoms with van der Waals surface area (Å²) in [5.41, 5.74) is 10.4. The van der Waals surface area contributed by atoms with E-state index in [2.05, 4.69) is 42.5 Å². The fourth-order valence-electron chi connectivity index (χ4n) is 7.11. The maximum atomic E-state index is 6.24. The van der Waals surface area contributed by atoms with Gasteiger partial charge in [-0.1, -0.05) is 91.0 Å². The number of nitrogens with zero attached hydrogens (tertiary/aromatic N) is 4. The van der Waals surface area contributed by atoms with Gasteiger partial charge in [0.25, 0.3) is 0 Å². The van der Waals surface area contributed by atoms with Crippen LogP contribution in [0, 0.1) is 0 Å². The molecule has 0 aliphatic carbocycles. The van der Waals surface area contributed by atoms with Gasteiger partial charge >= 0.3 is 0 Å². The van der Waals surface area contributed by atoms with Crippen molar-refractivity contribution in [2.75, 3.05) is 0 Å². The Kier molecular flexibility index (Phi) is 6.42. The van der Waals surface area contributed by atoms with Crippen LogP contribution < -0.4 is 0 Å². The predicted octanol–water partition coefficient (Wildman–Crippen LogP) is 12.1. The van der Waals surface area contributed by atoms with Crippen LogP contribution in [-0.4, -0.2) is 19.9 Å². The second-order valence-electron chi connectivity index (χ2n) is 13.1. The lowest BCUT2D eigenvalue weighted by Gasteiger charge is -2.09. The Morgan fingerprint density at radius 2 is 0.811 bits per heavy atom. The molecule has 0 aliphatic rings. The molecule has 0 fully saturated rings. The number of hydrogen-bond acceptors (Lipinski definition) is 7. The maximum absolute atomic E-state index is 6.24. The van der Waals surface area contributed by atoms with Crippen LogP contribution in [-0.2, 0) is 0 Å². The first-order chi connectivity index (χ1) is 26.2. The van der Waals surface area contributed by atoms with Crippen molar-refractivity contribution in [3.05, 3.63) is 158 Å². The van der Waals surface area contributed by atoms with Crippen LogP contribution in [0.1, 0.15) is 0 Å². The van der Waals surface area contributed by atoms with Gasteiger partial charge < -0.3 is 13.3 Å². The zero-order chi connectivity index (χ0) is 34.9. The fourth-order valence-corrected chi connectivity index (χ4v) is 7.11. The van der Waals surface area contributed by atoms with Crippen molar-refractivity contribution in [1.82, 2.24) is 19.9 Å². The number of oxazole rings is 1. The van der Waals surface area contributed by atoms with E-state index in [1.807, 2.05) is 115 Å². The molecule has 4 heterocycles. The summed E-state index contributed by atoms with van der Waals surface area (Å²) in [6, 6.07) is 52.6. The van der Waals surface area contributed by atoms with Gasteiger partial charge in [0.15, 0.2) is 23.1 Å². The molecule has 0 radical (unpaired) electrons. The van der Waals surface area contributed by atoms with Crippen molar-refractivity contribution in [1.29, 1.82) is 0 Å². The Morgan fingerprint density at radius 1 is 0.283 bits per heavy atom. The number of benzene rings is 7. The Labute approximate surface area is 301 Å². The van der Waals surface area contributed by atoms with Crippen LogP contribution in [0.5, 0.6) is 0 Å². The average Bonchev–Trinajstić information content (AvgIpc) is 3.93. The second kappa shape index (κ2) is 11.6. The standard InChI is InChI=1S/C46H26N4O3/c1-2-8-29(9-3-1)46-47-37-22-19-30(25-42(37)53-46)27-14-16-28(17-15-27)43-48-44(31-20-23-40-36(24-31)34-11-5-7-13-39(34)51-40)50-45(49-43)32-18-21-35-33-10-4-6-12-38(33)52-41(35)26-32/h1-26H. The van der Waals surface area contributed by atoms with Crippen molar-refractivity contribution < 1.29 is 13.3 Å². The molecule has 0 unspecified atom stereocenters. The first kappa shape index (κ1) is 29.4. The number of rotatable bonds is 5. The number of aromatic nitrogens is 4. The Bertz CT molecular complexity index is 3180. The monoisotopic (exact) mass is 682 g/mol. The van der Waals surface area contributed by atoms with Crippen LogP contribution in [0.2, 0.25) is 0 Å². The third-order valence-corrected chi connectivity index (χ3v) is 9.79. The number of fused-ring (bicyclic) bond motifs is 7. The van der Waals surface area contributed by atoms with E-state index in [0.717, 1.165) is 88.4 Å². The summed E-state index contributed by atoms with van der Waals surface area (Å²) in [4.78, 5) is 19.8. The molecule has 0 bridgehead atoms. The van der Waals surface area contributed by atoms with Crippen LogP contribution >= 0.6 is 0 Å². The maximum Gasteiger partial charge on any atom is 0.227 e. The van der Waals surface area contributed by atoms with Gasteiger partial charge in [-0.3, -0.25) is 0 Å². The summed E-state index contributed by atoms with van der Waals surface area (Å²) in [6.45, 7) is 0. The normalized spacial score (nSPS) is 11.8. The zero-order valence-corrected chi connectivity index (χ0v) is 28.0. The molecular weight excluding hydrogens is 657 g/mol. The molecule has 53 heavy (non-hydrogen) atoms. The summed E-state index contributed by atoms with van der Waals surface area (Å²) in [5, 5.41) is 4.18. The van der Waals surface area contributed by atoms with Crippen molar-refractivity contribution in [3.8, 4) is 56.7 Å².